The van der Waals surface area contributed by atoms with Crippen molar-refractivity contribution in [2.45, 2.75) is 6.54 Å². The van der Waals surface area contributed by atoms with Crippen molar-refractivity contribution in [3.63, 3.8) is 0 Å². The van der Waals surface area contributed by atoms with Gasteiger partial charge in [-0.3, -0.25) is 19.1 Å². The van der Waals surface area contributed by atoms with Crippen LogP contribution in [-0.2, 0) is 11.3 Å². The largest absolute Gasteiger partial charge is 0.493 e. The molecule has 0 fully saturated rings. The fourth-order valence-corrected chi connectivity index (χ4v) is 3.88. The maximum Gasteiger partial charge on any atom is 0.259 e. The van der Waals surface area contributed by atoms with Crippen LogP contribution in [0.15, 0.2) is 82.4 Å². The third-order valence-electron chi connectivity index (χ3n) is 5.56. The molecule has 0 saturated carbocycles. The summed E-state index contributed by atoms with van der Waals surface area (Å²) in [6, 6.07) is 17.2. The maximum absolute atomic E-state index is 13.1. The highest BCUT2D eigenvalue weighted by molar-refractivity contribution is 5.95. The molecule has 180 valence electrons. The number of aromatic nitrogens is 4. The lowest BCUT2D eigenvalue weighted by Crippen LogP contribution is -2.27. The van der Waals surface area contributed by atoms with Crippen molar-refractivity contribution in [3.8, 4) is 34.3 Å². The number of pyridine rings is 2. The number of nitrogens with zero attached hydrogens (tertiary/aromatic N) is 4. The molecule has 5 aromatic rings. The number of rotatable bonds is 7. The second kappa shape index (κ2) is 9.71. The molecule has 0 spiro atoms. The van der Waals surface area contributed by atoms with Crippen molar-refractivity contribution in [1.82, 2.24) is 19.7 Å². The lowest BCUT2D eigenvalue weighted by molar-refractivity contribution is -0.116. The first-order valence-corrected chi connectivity index (χ1v) is 11.0. The van der Waals surface area contributed by atoms with Gasteiger partial charge in [-0.15, -0.1) is 0 Å². The van der Waals surface area contributed by atoms with E-state index in [0.29, 0.717) is 45.0 Å². The molecule has 10 heteroatoms. The highest BCUT2D eigenvalue weighted by Crippen LogP contribution is 2.30. The molecule has 3 aromatic heterocycles. The number of para-hydroxylation sites is 1. The van der Waals surface area contributed by atoms with E-state index in [4.69, 9.17) is 14.0 Å². The normalized spacial score (nSPS) is 10.8. The predicted octanol–water partition coefficient (Wildman–Crippen LogP) is 3.77. The Labute approximate surface area is 205 Å². The molecule has 1 amide bonds. The molecule has 0 radical (unpaired) electrons. The van der Waals surface area contributed by atoms with Crippen LogP contribution in [-0.4, -0.2) is 39.8 Å². The van der Waals surface area contributed by atoms with Gasteiger partial charge in [0.05, 0.1) is 25.3 Å². The van der Waals surface area contributed by atoms with Crippen molar-refractivity contribution >= 4 is 22.5 Å². The Bertz CT molecular complexity index is 1610. The van der Waals surface area contributed by atoms with Gasteiger partial charge in [0.2, 0.25) is 11.7 Å². The predicted molar refractivity (Wildman–Crippen MR) is 133 cm³/mol. The lowest BCUT2D eigenvalue weighted by Gasteiger charge is -2.13. The van der Waals surface area contributed by atoms with Gasteiger partial charge >= 0.3 is 0 Å². The third kappa shape index (κ3) is 4.39. The number of nitrogens with one attached hydrogen (secondary N) is 1. The second-order valence-electron chi connectivity index (χ2n) is 7.78. The molecule has 3 heterocycles. The molecule has 2 aromatic carbocycles. The van der Waals surface area contributed by atoms with Gasteiger partial charge in [0.15, 0.2) is 11.5 Å². The van der Waals surface area contributed by atoms with Crippen LogP contribution in [0.4, 0.5) is 5.69 Å². The Hall–Kier alpha value is -4.99. The molecule has 0 saturated heterocycles. The Morgan fingerprint density at radius 1 is 1.03 bits per heavy atom. The van der Waals surface area contributed by atoms with E-state index < -0.39 is 0 Å². The number of amides is 1. The summed E-state index contributed by atoms with van der Waals surface area (Å²) in [4.78, 5) is 34.5. The zero-order valence-corrected chi connectivity index (χ0v) is 19.5. The van der Waals surface area contributed by atoms with Crippen LogP contribution in [0.2, 0.25) is 0 Å². The van der Waals surface area contributed by atoms with Gasteiger partial charge in [-0.25, -0.2) is 0 Å². The molecule has 0 atom stereocenters. The number of benzene rings is 2. The first kappa shape index (κ1) is 22.8. The van der Waals surface area contributed by atoms with E-state index in [-0.39, 0.29) is 23.9 Å². The average molecular weight is 483 g/mol. The third-order valence-corrected chi connectivity index (χ3v) is 5.56. The molecule has 5 rings (SSSR count). The zero-order valence-electron chi connectivity index (χ0n) is 19.5. The van der Waals surface area contributed by atoms with Crippen LogP contribution in [0.3, 0.4) is 0 Å². The van der Waals surface area contributed by atoms with Crippen LogP contribution in [0, 0.1) is 0 Å². The van der Waals surface area contributed by atoms with Crippen molar-refractivity contribution in [1.29, 1.82) is 0 Å². The number of hydrogen-bond donors (Lipinski definition) is 1. The summed E-state index contributed by atoms with van der Waals surface area (Å²) < 4.78 is 17.4. The molecule has 10 nitrogen and oxygen atoms in total. The summed E-state index contributed by atoms with van der Waals surface area (Å²) in [6.45, 7) is -0.196. The Morgan fingerprint density at radius 2 is 1.86 bits per heavy atom. The van der Waals surface area contributed by atoms with Crippen molar-refractivity contribution < 1.29 is 18.8 Å². The molecular weight excluding hydrogens is 462 g/mol. The minimum atomic E-state index is -0.382. The Morgan fingerprint density at radius 3 is 2.64 bits per heavy atom. The van der Waals surface area contributed by atoms with Gasteiger partial charge in [-0.1, -0.05) is 23.4 Å². The SMILES string of the molecule is COc1ccc(NC(=O)Cn2c(=O)cc(-c3nc(-c4cccnc4)no3)c3ccccc32)cc1OC. The van der Waals surface area contributed by atoms with Gasteiger partial charge in [0.1, 0.15) is 6.54 Å². The summed E-state index contributed by atoms with van der Waals surface area (Å²) in [5.74, 6) is 1.21. The fraction of sp³-hybridized carbons (Fsp3) is 0.115. The van der Waals surface area contributed by atoms with Crippen LogP contribution in [0.5, 0.6) is 11.5 Å². The number of carbonyl (C=O) groups excluding carboxylic acids is 1. The quantitative estimate of drug-likeness (QED) is 0.371. The highest BCUT2D eigenvalue weighted by atomic mass is 16.5. The van der Waals surface area contributed by atoms with E-state index in [1.807, 2.05) is 18.2 Å². The monoisotopic (exact) mass is 483 g/mol. The van der Waals surface area contributed by atoms with E-state index in [0.717, 1.165) is 0 Å². The number of anilines is 1. The summed E-state index contributed by atoms with van der Waals surface area (Å²) in [6.07, 6.45) is 3.28. The Balaban J connectivity index is 1.47. The van der Waals surface area contributed by atoms with Gasteiger partial charge < -0.3 is 19.3 Å². The smallest absolute Gasteiger partial charge is 0.259 e. The molecular formula is C26H21N5O5. The van der Waals surface area contributed by atoms with Crippen molar-refractivity contribution in [2.75, 3.05) is 19.5 Å². The molecule has 36 heavy (non-hydrogen) atoms. The van der Waals surface area contributed by atoms with Crippen LogP contribution in [0.25, 0.3) is 33.7 Å². The van der Waals surface area contributed by atoms with E-state index in [1.54, 1.807) is 48.8 Å². The van der Waals surface area contributed by atoms with Crippen molar-refractivity contribution in [2.24, 2.45) is 0 Å². The average Bonchev–Trinajstić information content (AvgIpc) is 3.41. The number of methoxy groups -OCH3 is 2. The number of carbonyl (C=O) groups is 1. The van der Waals surface area contributed by atoms with Gasteiger partial charge in [0, 0.05) is 41.2 Å². The number of hydrogen-bond acceptors (Lipinski definition) is 8. The number of ether oxygens (including phenoxy) is 2. The summed E-state index contributed by atoms with van der Waals surface area (Å²) in [5.41, 5.74) is 1.86. The topological polar surface area (TPSA) is 121 Å². The zero-order chi connectivity index (χ0) is 25.1. The minimum absolute atomic E-state index is 0.196. The summed E-state index contributed by atoms with van der Waals surface area (Å²) in [7, 11) is 3.05. The second-order valence-corrected chi connectivity index (χ2v) is 7.78. The van der Waals surface area contributed by atoms with Gasteiger partial charge in [-0.2, -0.15) is 4.98 Å². The summed E-state index contributed by atoms with van der Waals surface area (Å²) >= 11 is 0. The highest BCUT2D eigenvalue weighted by Gasteiger charge is 2.18. The first-order chi connectivity index (χ1) is 17.6. The van der Waals surface area contributed by atoms with Crippen LogP contribution < -0.4 is 20.3 Å². The van der Waals surface area contributed by atoms with Crippen LogP contribution in [0.1, 0.15) is 0 Å². The van der Waals surface area contributed by atoms with E-state index in [9.17, 15) is 9.59 Å². The molecule has 0 bridgehead atoms. The molecule has 0 aliphatic rings. The fourth-order valence-electron chi connectivity index (χ4n) is 3.88. The Kier molecular flexibility index (Phi) is 6.14. The summed E-state index contributed by atoms with van der Waals surface area (Å²) in [5, 5.41) is 7.51. The molecule has 0 unspecified atom stereocenters. The van der Waals surface area contributed by atoms with Crippen LogP contribution >= 0.6 is 0 Å². The lowest BCUT2D eigenvalue weighted by atomic mass is 10.1. The van der Waals surface area contributed by atoms with Crippen molar-refractivity contribution in [3.05, 3.63) is 83.4 Å². The van der Waals surface area contributed by atoms with Gasteiger partial charge in [0.25, 0.3) is 11.4 Å². The first-order valence-electron chi connectivity index (χ1n) is 11.0. The molecule has 1 N–H and O–H groups in total. The number of fused-ring (bicyclic) bond motifs is 1. The molecule has 0 aliphatic heterocycles. The van der Waals surface area contributed by atoms with E-state index in [1.165, 1.54) is 24.9 Å². The standard InChI is InChI=1S/C26H21N5O5/c1-34-21-10-9-17(12-22(21)35-2)28-23(32)15-31-20-8-4-3-7-18(20)19(13-24(31)33)26-29-25(30-36-26)16-6-5-11-27-14-16/h3-14H,15H2,1-2H3,(H,28,32). The van der Waals surface area contributed by atoms with Gasteiger partial charge in [-0.05, 0) is 30.3 Å². The maximum atomic E-state index is 13.1. The van der Waals surface area contributed by atoms with E-state index in [2.05, 4.69) is 20.4 Å². The molecule has 0 aliphatic carbocycles. The van der Waals surface area contributed by atoms with E-state index >= 15 is 0 Å². The minimum Gasteiger partial charge on any atom is -0.493 e.